The van der Waals surface area contributed by atoms with E-state index in [1.54, 1.807) is 18.2 Å². The Morgan fingerprint density at radius 3 is 2.48 bits per heavy atom. The van der Waals surface area contributed by atoms with E-state index in [2.05, 4.69) is 5.32 Å². The number of Topliss-reactive ketones (excluding diaryl/α,β-unsaturated/α-hetero) is 1. The summed E-state index contributed by atoms with van der Waals surface area (Å²) in [5.41, 5.74) is -0.0652. The minimum Gasteiger partial charge on any atom is -0.496 e. The van der Waals surface area contributed by atoms with Crippen LogP contribution in [0.3, 0.4) is 0 Å². The van der Waals surface area contributed by atoms with Crippen molar-refractivity contribution < 1.29 is 24.2 Å². The zero-order valence-corrected chi connectivity index (χ0v) is 11.9. The van der Waals surface area contributed by atoms with Crippen LogP contribution in [0.5, 0.6) is 5.75 Å². The van der Waals surface area contributed by atoms with Gasteiger partial charge in [-0.05, 0) is 38.0 Å². The number of ketones is 1. The van der Waals surface area contributed by atoms with Crippen molar-refractivity contribution in [2.75, 3.05) is 7.11 Å². The minimum absolute atomic E-state index is 0.0284. The highest BCUT2D eigenvalue weighted by molar-refractivity contribution is 5.95. The molecule has 112 valence electrons. The van der Waals surface area contributed by atoms with Crippen LogP contribution in [0.2, 0.25) is 0 Å². The summed E-state index contributed by atoms with van der Waals surface area (Å²) < 4.78 is 5.17. The summed E-state index contributed by atoms with van der Waals surface area (Å²) in [7, 11) is 1.48. The Morgan fingerprint density at radius 2 is 2.00 bits per heavy atom. The standard InChI is InChI=1S/C15H17NO5/c1-9(17)10-3-4-12(21-2)11(7-10)8-13(18)16-15(5-6-15)14(19)20/h3-4,7H,5-6,8H2,1-2H3,(H,16,18)(H,19,20). The molecule has 6 heteroatoms. The topological polar surface area (TPSA) is 92.7 Å². The molecule has 0 radical (unpaired) electrons. The summed E-state index contributed by atoms with van der Waals surface area (Å²) >= 11 is 0. The van der Waals surface area contributed by atoms with Crippen molar-refractivity contribution in [1.82, 2.24) is 5.32 Å². The molecule has 1 aliphatic carbocycles. The van der Waals surface area contributed by atoms with Crippen molar-refractivity contribution in [3.8, 4) is 5.75 Å². The predicted octanol–water partition coefficient (Wildman–Crippen LogP) is 1.17. The Labute approximate surface area is 122 Å². The van der Waals surface area contributed by atoms with Crippen molar-refractivity contribution in [1.29, 1.82) is 0 Å². The Balaban J connectivity index is 2.14. The van der Waals surface area contributed by atoms with E-state index < -0.39 is 17.4 Å². The smallest absolute Gasteiger partial charge is 0.329 e. The molecule has 1 aromatic carbocycles. The van der Waals surface area contributed by atoms with Gasteiger partial charge in [-0.2, -0.15) is 0 Å². The van der Waals surface area contributed by atoms with Crippen LogP contribution < -0.4 is 10.1 Å². The van der Waals surface area contributed by atoms with Crippen LogP contribution in [0.1, 0.15) is 35.7 Å². The van der Waals surface area contributed by atoms with Gasteiger partial charge >= 0.3 is 5.97 Å². The predicted molar refractivity (Wildman–Crippen MR) is 74.4 cm³/mol. The first-order valence-electron chi connectivity index (χ1n) is 6.60. The Hall–Kier alpha value is -2.37. The monoisotopic (exact) mass is 291 g/mol. The fourth-order valence-electron chi connectivity index (χ4n) is 2.14. The second-order valence-corrected chi connectivity index (χ2v) is 5.20. The maximum atomic E-state index is 12.0. The van der Waals surface area contributed by atoms with Gasteiger partial charge in [0.15, 0.2) is 5.78 Å². The first-order valence-corrected chi connectivity index (χ1v) is 6.60. The summed E-state index contributed by atoms with van der Waals surface area (Å²) in [6, 6.07) is 4.85. The van der Waals surface area contributed by atoms with Gasteiger partial charge in [-0.1, -0.05) is 0 Å². The van der Waals surface area contributed by atoms with Crippen LogP contribution in [0, 0.1) is 0 Å². The Morgan fingerprint density at radius 1 is 1.33 bits per heavy atom. The number of amides is 1. The molecule has 2 rings (SSSR count). The third kappa shape index (κ3) is 3.21. The number of carbonyl (C=O) groups is 3. The molecular formula is C15H17NO5. The maximum absolute atomic E-state index is 12.0. The lowest BCUT2D eigenvalue weighted by Crippen LogP contribution is -2.43. The number of hydrogen-bond donors (Lipinski definition) is 2. The van der Waals surface area contributed by atoms with E-state index in [9.17, 15) is 14.4 Å². The quantitative estimate of drug-likeness (QED) is 0.768. The number of methoxy groups -OCH3 is 1. The molecule has 1 aromatic rings. The molecule has 2 N–H and O–H groups in total. The average Bonchev–Trinajstić information content (AvgIpc) is 3.19. The highest BCUT2D eigenvalue weighted by Crippen LogP contribution is 2.35. The van der Waals surface area contributed by atoms with Crippen LogP contribution in [0.25, 0.3) is 0 Å². The van der Waals surface area contributed by atoms with E-state index in [-0.39, 0.29) is 12.2 Å². The van der Waals surface area contributed by atoms with Crippen molar-refractivity contribution in [2.45, 2.75) is 31.7 Å². The van der Waals surface area contributed by atoms with Gasteiger partial charge in [0, 0.05) is 11.1 Å². The van der Waals surface area contributed by atoms with Crippen molar-refractivity contribution in [3.05, 3.63) is 29.3 Å². The fourth-order valence-corrected chi connectivity index (χ4v) is 2.14. The van der Waals surface area contributed by atoms with E-state index >= 15 is 0 Å². The van der Waals surface area contributed by atoms with E-state index in [0.29, 0.717) is 29.7 Å². The fraction of sp³-hybridized carbons (Fsp3) is 0.400. The third-order valence-corrected chi connectivity index (χ3v) is 3.58. The Bertz CT molecular complexity index is 604. The van der Waals surface area contributed by atoms with Gasteiger partial charge in [-0.3, -0.25) is 9.59 Å². The number of carboxylic acids is 1. The summed E-state index contributed by atoms with van der Waals surface area (Å²) in [5, 5.41) is 11.6. The van der Waals surface area contributed by atoms with Gasteiger partial charge < -0.3 is 15.2 Å². The van der Waals surface area contributed by atoms with Crippen LogP contribution in [0.4, 0.5) is 0 Å². The number of benzene rings is 1. The normalized spacial score (nSPS) is 15.1. The molecule has 1 amide bonds. The SMILES string of the molecule is COc1ccc(C(C)=O)cc1CC(=O)NC1(C(=O)O)CC1. The zero-order chi connectivity index (χ0) is 15.6. The molecule has 6 nitrogen and oxygen atoms in total. The second-order valence-electron chi connectivity index (χ2n) is 5.20. The zero-order valence-electron chi connectivity index (χ0n) is 11.9. The van der Waals surface area contributed by atoms with Crippen molar-refractivity contribution >= 4 is 17.7 Å². The molecule has 0 bridgehead atoms. The molecule has 0 heterocycles. The number of carbonyl (C=O) groups excluding carboxylic acids is 2. The molecule has 0 aliphatic heterocycles. The highest BCUT2D eigenvalue weighted by atomic mass is 16.5. The van der Waals surface area contributed by atoms with E-state index in [4.69, 9.17) is 9.84 Å². The van der Waals surface area contributed by atoms with Crippen LogP contribution in [-0.2, 0) is 16.0 Å². The first-order chi connectivity index (χ1) is 9.88. The highest BCUT2D eigenvalue weighted by Gasteiger charge is 2.51. The lowest BCUT2D eigenvalue weighted by molar-refractivity contribution is -0.143. The molecule has 0 aromatic heterocycles. The summed E-state index contributed by atoms with van der Waals surface area (Å²) in [5.74, 6) is -1.02. The lowest BCUT2D eigenvalue weighted by atomic mass is 10.0. The lowest BCUT2D eigenvalue weighted by Gasteiger charge is -2.14. The van der Waals surface area contributed by atoms with Gasteiger partial charge in [0.25, 0.3) is 0 Å². The number of aliphatic carboxylic acids is 1. The minimum atomic E-state index is -1.11. The summed E-state index contributed by atoms with van der Waals surface area (Å²) in [4.78, 5) is 34.5. The Kier molecular flexibility index (Phi) is 3.97. The molecule has 1 saturated carbocycles. The molecule has 1 fully saturated rings. The van der Waals surface area contributed by atoms with Gasteiger partial charge in [0.1, 0.15) is 11.3 Å². The third-order valence-electron chi connectivity index (χ3n) is 3.58. The van der Waals surface area contributed by atoms with Crippen LogP contribution >= 0.6 is 0 Å². The van der Waals surface area contributed by atoms with E-state index in [1.165, 1.54) is 14.0 Å². The summed E-state index contributed by atoms with van der Waals surface area (Å²) in [6.07, 6.45) is 0.858. The molecule has 0 unspecified atom stereocenters. The second kappa shape index (κ2) is 5.55. The number of carboxylic acid groups (broad SMARTS) is 1. The molecule has 1 aliphatic rings. The van der Waals surface area contributed by atoms with Gasteiger partial charge in [-0.25, -0.2) is 4.79 Å². The van der Waals surface area contributed by atoms with E-state index in [1.807, 2.05) is 0 Å². The molecule has 0 atom stereocenters. The van der Waals surface area contributed by atoms with Gasteiger partial charge in [-0.15, -0.1) is 0 Å². The van der Waals surface area contributed by atoms with Gasteiger partial charge in [0.05, 0.1) is 13.5 Å². The average molecular weight is 291 g/mol. The molecule has 21 heavy (non-hydrogen) atoms. The number of hydrogen-bond acceptors (Lipinski definition) is 4. The van der Waals surface area contributed by atoms with Crippen LogP contribution in [0.15, 0.2) is 18.2 Å². The van der Waals surface area contributed by atoms with Gasteiger partial charge in [0.2, 0.25) is 5.91 Å². The van der Waals surface area contributed by atoms with Crippen molar-refractivity contribution in [3.63, 3.8) is 0 Å². The summed E-state index contributed by atoms with van der Waals surface area (Å²) in [6.45, 7) is 1.44. The van der Waals surface area contributed by atoms with E-state index in [0.717, 1.165) is 0 Å². The molecule has 0 spiro atoms. The molecule has 0 saturated heterocycles. The van der Waals surface area contributed by atoms with Crippen molar-refractivity contribution in [2.24, 2.45) is 0 Å². The number of rotatable bonds is 6. The molecular weight excluding hydrogens is 274 g/mol. The van der Waals surface area contributed by atoms with Crippen LogP contribution in [-0.4, -0.2) is 35.4 Å². The first kappa shape index (κ1) is 15.0. The maximum Gasteiger partial charge on any atom is 0.329 e. The largest absolute Gasteiger partial charge is 0.496 e. The number of ether oxygens (including phenoxy) is 1. The number of nitrogens with one attached hydrogen (secondary N) is 1.